The van der Waals surface area contributed by atoms with Gasteiger partial charge in [-0.1, -0.05) is 83.1 Å². The summed E-state index contributed by atoms with van der Waals surface area (Å²) < 4.78 is 26.0. The molecule has 0 heterocycles. The second kappa shape index (κ2) is 12.3. The Morgan fingerprint density at radius 2 is 1.53 bits per heavy atom. The van der Waals surface area contributed by atoms with Crippen LogP contribution in [0, 0.1) is 11.8 Å². The summed E-state index contributed by atoms with van der Waals surface area (Å²) in [6, 6.07) is 17.7. The number of nitrogens with one attached hydrogen (secondary N) is 1. The average Bonchev–Trinajstić information content (AvgIpc) is 2.86. The summed E-state index contributed by atoms with van der Waals surface area (Å²) in [5.41, 5.74) is 0.664. The minimum atomic E-state index is -3.66. The van der Waals surface area contributed by atoms with Crippen LogP contribution in [0.1, 0.15) is 53.5 Å². The van der Waals surface area contributed by atoms with Crippen molar-refractivity contribution in [1.82, 2.24) is 10.2 Å². The molecule has 0 saturated carbocycles. The third kappa shape index (κ3) is 6.84. The number of hydrogen-bond donors (Lipinski definition) is 1. The summed E-state index contributed by atoms with van der Waals surface area (Å²) in [6.07, 6.45) is 2.26. The van der Waals surface area contributed by atoms with Gasteiger partial charge in [-0.3, -0.25) is 9.59 Å². The predicted molar refractivity (Wildman–Crippen MR) is 145 cm³/mol. The number of nitrogens with zero attached hydrogens (tertiary/aromatic N) is 1. The number of amides is 2. The minimum absolute atomic E-state index is 0.0315. The fourth-order valence-electron chi connectivity index (χ4n) is 4.54. The van der Waals surface area contributed by atoms with E-state index in [1.165, 1.54) is 4.90 Å². The lowest BCUT2D eigenvalue weighted by atomic mass is 9.71. The van der Waals surface area contributed by atoms with E-state index < -0.39 is 21.3 Å². The van der Waals surface area contributed by atoms with Crippen LogP contribution in [0.3, 0.4) is 0 Å². The average molecular weight is 513 g/mol. The van der Waals surface area contributed by atoms with Gasteiger partial charge in [0.1, 0.15) is 0 Å². The number of likely N-dealkylation sites (N-methyl/N-ethyl adjacent to an activating group) is 1. The SMILES string of the molecule is CC[C@H](C(=O)NCC(=O)N(C)[C@H](/C=C(\C)S(=O)(=O)c1ccccc1)C(C)C)C(C)(C)c1ccccc1. The van der Waals surface area contributed by atoms with Crippen LogP contribution in [-0.2, 0) is 24.8 Å². The van der Waals surface area contributed by atoms with Gasteiger partial charge in [-0.05, 0) is 43.0 Å². The zero-order valence-electron chi connectivity index (χ0n) is 22.5. The monoisotopic (exact) mass is 512 g/mol. The van der Waals surface area contributed by atoms with Crippen molar-refractivity contribution in [3.05, 3.63) is 77.2 Å². The first kappa shape index (κ1) is 29.3. The standard InChI is InChI=1S/C29H40N2O4S/c1-8-25(29(5,6)23-15-11-9-12-16-23)28(33)30-20-27(32)31(7)26(21(2)3)19-22(4)36(34,35)24-17-13-10-14-18-24/h9-19,21,25-26H,8,20H2,1-7H3,(H,30,33)/b22-19+/t25-,26-/m1/s1. The fourth-order valence-corrected chi connectivity index (χ4v) is 5.74. The molecule has 36 heavy (non-hydrogen) atoms. The summed E-state index contributed by atoms with van der Waals surface area (Å²) in [6.45, 7) is 11.3. The van der Waals surface area contributed by atoms with E-state index in [2.05, 4.69) is 5.32 Å². The lowest BCUT2D eigenvalue weighted by Gasteiger charge is -2.34. The third-order valence-corrected chi connectivity index (χ3v) is 8.81. The zero-order valence-corrected chi connectivity index (χ0v) is 23.3. The molecule has 7 heteroatoms. The summed E-state index contributed by atoms with van der Waals surface area (Å²) in [4.78, 5) is 28.1. The van der Waals surface area contributed by atoms with Crippen molar-refractivity contribution >= 4 is 21.7 Å². The molecule has 0 aromatic heterocycles. The van der Waals surface area contributed by atoms with E-state index in [-0.39, 0.29) is 40.0 Å². The van der Waals surface area contributed by atoms with Gasteiger partial charge < -0.3 is 10.2 Å². The summed E-state index contributed by atoms with van der Waals surface area (Å²) in [5.74, 6) is -0.795. The van der Waals surface area contributed by atoms with Gasteiger partial charge in [0, 0.05) is 23.3 Å². The van der Waals surface area contributed by atoms with E-state index in [0.29, 0.717) is 6.42 Å². The summed E-state index contributed by atoms with van der Waals surface area (Å²) >= 11 is 0. The van der Waals surface area contributed by atoms with Crippen molar-refractivity contribution in [2.75, 3.05) is 13.6 Å². The molecule has 2 aromatic rings. The largest absolute Gasteiger partial charge is 0.347 e. The Kier molecular flexibility index (Phi) is 10.1. The van der Waals surface area contributed by atoms with Crippen LogP contribution < -0.4 is 5.32 Å². The van der Waals surface area contributed by atoms with Crippen LogP contribution in [0.25, 0.3) is 0 Å². The topological polar surface area (TPSA) is 83.6 Å². The Morgan fingerprint density at radius 1 is 1.00 bits per heavy atom. The van der Waals surface area contributed by atoms with Gasteiger partial charge in [0.15, 0.2) is 0 Å². The van der Waals surface area contributed by atoms with Crippen molar-refractivity contribution in [2.24, 2.45) is 11.8 Å². The van der Waals surface area contributed by atoms with Crippen LogP contribution >= 0.6 is 0 Å². The normalized spacial score (nSPS) is 14.3. The molecule has 0 aliphatic carbocycles. The number of carbonyl (C=O) groups is 2. The molecule has 2 amide bonds. The molecule has 0 aliphatic rings. The van der Waals surface area contributed by atoms with Gasteiger partial charge >= 0.3 is 0 Å². The van der Waals surface area contributed by atoms with E-state index >= 15 is 0 Å². The highest BCUT2D eigenvalue weighted by molar-refractivity contribution is 7.95. The highest BCUT2D eigenvalue weighted by Crippen LogP contribution is 2.34. The highest BCUT2D eigenvalue weighted by Gasteiger charge is 2.35. The molecule has 0 aliphatic heterocycles. The molecule has 2 aromatic carbocycles. The van der Waals surface area contributed by atoms with E-state index in [1.54, 1.807) is 50.4 Å². The Bertz CT molecular complexity index is 1160. The van der Waals surface area contributed by atoms with Gasteiger partial charge in [-0.25, -0.2) is 8.42 Å². The molecule has 0 saturated heterocycles. The van der Waals surface area contributed by atoms with Gasteiger partial charge in [-0.2, -0.15) is 0 Å². The second-order valence-electron chi connectivity index (χ2n) is 10.1. The van der Waals surface area contributed by atoms with Gasteiger partial charge in [-0.15, -0.1) is 0 Å². The maximum absolute atomic E-state index is 13.1. The minimum Gasteiger partial charge on any atom is -0.347 e. The van der Waals surface area contributed by atoms with Crippen molar-refractivity contribution in [1.29, 1.82) is 0 Å². The van der Waals surface area contributed by atoms with E-state index in [0.717, 1.165) is 5.56 Å². The smallest absolute Gasteiger partial charge is 0.242 e. The molecule has 6 nitrogen and oxygen atoms in total. The summed E-state index contributed by atoms with van der Waals surface area (Å²) in [7, 11) is -2.01. The maximum Gasteiger partial charge on any atom is 0.242 e. The Balaban J connectivity index is 2.15. The molecule has 2 rings (SSSR count). The molecule has 0 radical (unpaired) electrons. The molecule has 1 N–H and O–H groups in total. The molecule has 2 atom stereocenters. The van der Waals surface area contributed by atoms with Crippen molar-refractivity contribution in [3.8, 4) is 0 Å². The quantitative estimate of drug-likeness (QED) is 0.461. The van der Waals surface area contributed by atoms with Crippen LogP contribution in [0.2, 0.25) is 0 Å². The molecule has 196 valence electrons. The van der Waals surface area contributed by atoms with Crippen LogP contribution in [0.15, 0.2) is 76.5 Å². The van der Waals surface area contributed by atoms with Crippen molar-refractivity contribution in [2.45, 2.75) is 64.3 Å². The van der Waals surface area contributed by atoms with Crippen LogP contribution in [0.4, 0.5) is 0 Å². The first-order valence-electron chi connectivity index (χ1n) is 12.4. The van der Waals surface area contributed by atoms with E-state index in [4.69, 9.17) is 0 Å². The fraction of sp³-hybridized carbons (Fsp3) is 0.448. The first-order valence-corrected chi connectivity index (χ1v) is 13.9. The van der Waals surface area contributed by atoms with Gasteiger partial charge in [0.2, 0.25) is 21.7 Å². The van der Waals surface area contributed by atoms with Crippen LogP contribution in [-0.4, -0.2) is 44.8 Å². The highest BCUT2D eigenvalue weighted by atomic mass is 32.2. The van der Waals surface area contributed by atoms with Crippen molar-refractivity contribution in [3.63, 3.8) is 0 Å². The molecular weight excluding hydrogens is 472 g/mol. The molecule has 0 unspecified atom stereocenters. The lowest BCUT2D eigenvalue weighted by Crippen LogP contribution is -2.47. The van der Waals surface area contributed by atoms with E-state index in [1.807, 2.05) is 65.0 Å². The Labute approximate surface area is 216 Å². The van der Waals surface area contributed by atoms with Crippen LogP contribution in [0.5, 0.6) is 0 Å². The predicted octanol–water partition coefficient (Wildman–Crippen LogP) is 4.97. The number of sulfone groups is 1. The lowest BCUT2D eigenvalue weighted by molar-refractivity contribution is -0.135. The first-order chi connectivity index (χ1) is 16.8. The number of rotatable bonds is 11. The maximum atomic E-state index is 13.1. The van der Waals surface area contributed by atoms with Gasteiger partial charge in [0.25, 0.3) is 0 Å². The molecule has 0 bridgehead atoms. The third-order valence-electron chi connectivity index (χ3n) is 6.93. The second-order valence-corrected chi connectivity index (χ2v) is 12.2. The summed E-state index contributed by atoms with van der Waals surface area (Å²) in [5, 5.41) is 2.82. The Morgan fingerprint density at radius 3 is 2.03 bits per heavy atom. The number of allylic oxidation sites excluding steroid dienone is 1. The van der Waals surface area contributed by atoms with E-state index in [9.17, 15) is 18.0 Å². The zero-order chi connectivity index (χ0) is 27.1. The number of carbonyl (C=O) groups excluding carboxylic acids is 2. The number of benzene rings is 2. The number of hydrogen-bond acceptors (Lipinski definition) is 4. The van der Waals surface area contributed by atoms with Gasteiger partial charge in [0.05, 0.1) is 17.5 Å². The van der Waals surface area contributed by atoms with Crippen molar-refractivity contribution < 1.29 is 18.0 Å². The molecule has 0 spiro atoms. The molecule has 0 fully saturated rings. The Hall–Kier alpha value is -2.93. The molecular formula is C29H40N2O4S.